The quantitative estimate of drug-likeness (QED) is 0.928. The Kier molecular flexibility index (Phi) is 4.92. The molecule has 0 radical (unpaired) electrons. The van der Waals surface area contributed by atoms with Crippen LogP contribution >= 0.6 is 0 Å². The van der Waals surface area contributed by atoms with Gasteiger partial charge in [0.1, 0.15) is 5.82 Å². The summed E-state index contributed by atoms with van der Waals surface area (Å²) in [6, 6.07) is 7.36. The van der Waals surface area contributed by atoms with Crippen LogP contribution in [0.1, 0.15) is 17.3 Å². The number of hydrogen-bond donors (Lipinski definition) is 1. The Labute approximate surface area is 145 Å². The molecule has 25 heavy (non-hydrogen) atoms. The summed E-state index contributed by atoms with van der Waals surface area (Å²) in [5, 5.41) is 2.72. The molecule has 0 bridgehead atoms. The lowest BCUT2D eigenvalue weighted by Crippen LogP contribution is -2.48. The molecule has 7 heteroatoms. The first kappa shape index (κ1) is 16.9. The molecule has 1 aliphatic heterocycles. The monoisotopic (exact) mass is 342 g/mol. The highest BCUT2D eigenvalue weighted by Gasteiger charge is 2.19. The van der Waals surface area contributed by atoms with E-state index in [4.69, 9.17) is 0 Å². The van der Waals surface area contributed by atoms with Gasteiger partial charge >= 0.3 is 0 Å². The normalized spacial score (nSPS) is 14.3. The maximum Gasteiger partial charge on any atom is 0.257 e. The molecule has 2 aromatic rings. The first-order chi connectivity index (χ1) is 12.0. The molecule has 1 fully saturated rings. The lowest BCUT2D eigenvalue weighted by atomic mass is 10.2. The molecule has 0 aliphatic carbocycles. The smallest absolute Gasteiger partial charge is 0.257 e. The van der Waals surface area contributed by atoms with E-state index in [2.05, 4.69) is 15.2 Å². The van der Waals surface area contributed by atoms with E-state index in [0.29, 0.717) is 37.4 Å². The molecular weight excluding hydrogens is 323 g/mol. The summed E-state index contributed by atoms with van der Waals surface area (Å²) in [5.74, 6) is -0.583. The standard InChI is InChI=1S/C18H19FN4O2/c1-13(24)22-6-8-23(9-7-22)17-10-14(11-20-12-17)18(25)21-16-4-2-15(19)3-5-16/h2-5,10-12H,6-9H2,1H3,(H,21,25). The van der Waals surface area contributed by atoms with Gasteiger partial charge in [0.2, 0.25) is 5.91 Å². The molecule has 0 unspecified atom stereocenters. The summed E-state index contributed by atoms with van der Waals surface area (Å²) in [4.78, 5) is 31.8. The maximum atomic E-state index is 12.9. The largest absolute Gasteiger partial charge is 0.367 e. The number of aromatic nitrogens is 1. The Morgan fingerprint density at radius 3 is 2.40 bits per heavy atom. The lowest BCUT2D eigenvalue weighted by Gasteiger charge is -2.35. The maximum absolute atomic E-state index is 12.9. The number of benzene rings is 1. The Balaban J connectivity index is 1.68. The number of hydrogen-bond acceptors (Lipinski definition) is 4. The van der Waals surface area contributed by atoms with Gasteiger partial charge < -0.3 is 15.1 Å². The minimum absolute atomic E-state index is 0.0743. The van der Waals surface area contributed by atoms with Crippen molar-refractivity contribution in [2.45, 2.75) is 6.92 Å². The second-order valence-corrected chi connectivity index (χ2v) is 5.89. The zero-order valence-electron chi connectivity index (χ0n) is 13.9. The van der Waals surface area contributed by atoms with Crippen molar-refractivity contribution in [2.24, 2.45) is 0 Å². The molecule has 1 N–H and O–H groups in total. The summed E-state index contributed by atoms with van der Waals surface area (Å²) in [7, 11) is 0. The molecular formula is C18H19FN4O2. The van der Waals surface area contributed by atoms with Crippen LogP contribution in [0.15, 0.2) is 42.7 Å². The first-order valence-electron chi connectivity index (χ1n) is 8.05. The van der Waals surface area contributed by atoms with Crippen LogP contribution in [0.3, 0.4) is 0 Å². The summed E-state index contributed by atoms with van der Waals surface area (Å²) < 4.78 is 12.9. The summed E-state index contributed by atoms with van der Waals surface area (Å²) in [5.41, 5.74) is 1.79. The fourth-order valence-corrected chi connectivity index (χ4v) is 2.74. The average Bonchev–Trinajstić information content (AvgIpc) is 2.64. The topological polar surface area (TPSA) is 65.5 Å². The Morgan fingerprint density at radius 2 is 1.76 bits per heavy atom. The second-order valence-electron chi connectivity index (χ2n) is 5.89. The molecule has 1 saturated heterocycles. The Morgan fingerprint density at radius 1 is 1.08 bits per heavy atom. The molecule has 0 atom stereocenters. The van der Waals surface area contributed by atoms with Crippen molar-refractivity contribution >= 4 is 23.2 Å². The van der Waals surface area contributed by atoms with Crippen molar-refractivity contribution in [1.29, 1.82) is 0 Å². The lowest BCUT2D eigenvalue weighted by molar-refractivity contribution is -0.129. The van der Waals surface area contributed by atoms with Gasteiger partial charge in [-0.1, -0.05) is 0 Å². The molecule has 0 spiro atoms. The highest BCUT2D eigenvalue weighted by atomic mass is 19.1. The summed E-state index contributed by atoms with van der Waals surface area (Å²) in [6.45, 7) is 4.27. The molecule has 0 saturated carbocycles. The molecule has 1 aromatic carbocycles. The van der Waals surface area contributed by atoms with Gasteiger partial charge in [-0.3, -0.25) is 14.6 Å². The van der Waals surface area contributed by atoms with Crippen molar-refractivity contribution in [3.05, 3.63) is 54.1 Å². The van der Waals surface area contributed by atoms with E-state index in [9.17, 15) is 14.0 Å². The van der Waals surface area contributed by atoms with Crippen LogP contribution in [0.5, 0.6) is 0 Å². The minimum Gasteiger partial charge on any atom is -0.367 e. The van der Waals surface area contributed by atoms with E-state index < -0.39 is 0 Å². The van der Waals surface area contributed by atoms with Crippen molar-refractivity contribution in [3.8, 4) is 0 Å². The van der Waals surface area contributed by atoms with Crippen molar-refractivity contribution in [3.63, 3.8) is 0 Å². The highest BCUT2D eigenvalue weighted by Crippen LogP contribution is 2.18. The van der Waals surface area contributed by atoms with Gasteiger partial charge in [0.25, 0.3) is 5.91 Å². The Bertz CT molecular complexity index is 771. The van der Waals surface area contributed by atoms with Crippen molar-refractivity contribution < 1.29 is 14.0 Å². The van der Waals surface area contributed by atoms with E-state index in [1.807, 2.05) is 0 Å². The fourth-order valence-electron chi connectivity index (χ4n) is 2.74. The van der Waals surface area contributed by atoms with Gasteiger partial charge in [-0.05, 0) is 30.3 Å². The van der Waals surface area contributed by atoms with Gasteiger partial charge in [0.05, 0.1) is 17.4 Å². The minimum atomic E-state index is -0.355. The zero-order chi connectivity index (χ0) is 17.8. The van der Waals surface area contributed by atoms with E-state index in [0.717, 1.165) is 5.69 Å². The number of carbonyl (C=O) groups excluding carboxylic acids is 2. The van der Waals surface area contributed by atoms with Crippen LogP contribution in [-0.2, 0) is 4.79 Å². The highest BCUT2D eigenvalue weighted by molar-refractivity contribution is 6.04. The number of carbonyl (C=O) groups is 2. The Hall–Kier alpha value is -2.96. The van der Waals surface area contributed by atoms with Gasteiger partial charge in [0, 0.05) is 45.0 Å². The number of anilines is 2. The average molecular weight is 342 g/mol. The number of halogens is 1. The number of pyridine rings is 1. The van der Waals surface area contributed by atoms with E-state index in [1.54, 1.807) is 24.1 Å². The van der Waals surface area contributed by atoms with E-state index in [1.165, 1.54) is 30.5 Å². The molecule has 130 valence electrons. The molecule has 1 aliphatic rings. The van der Waals surface area contributed by atoms with Crippen LogP contribution in [0.25, 0.3) is 0 Å². The number of nitrogens with zero attached hydrogens (tertiary/aromatic N) is 3. The second kappa shape index (κ2) is 7.29. The third kappa shape index (κ3) is 4.12. The predicted molar refractivity (Wildman–Crippen MR) is 93.1 cm³/mol. The van der Waals surface area contributed by atoms with Crippen LogP contribution < -0.4 is 10.2 Å². The number of rotatable bonds is 3. The third-order valence-electron chi connectivity index (χ3n) is 4.18. The van der Waals surface area contributed by atoms with Gasteiger partial charge in [-0.15, -0.1) is 0 Å². The molecule has 6 nitrogen and oxygen atoms in total. The number of amides is 2. The van der Waals surface area contributed by atoms with Gasteiger partial charge in [-0.2, -0.15) is 0 Å². The van der Waals surface area contributed by atoms with E-state index >= 15 is 0 Å². The van der Waals surface area contributed by atoms with Crippen LogP contribution in [0, 0.1) is 5.82 Å². The van der Waals surface area contributed by atoms with E-state index in [-0.39, 0.29) is 17.6 Å². The van der Waals surface area contributed by atoms with Crippen LogP contribution in [0.4, 0.5) is 15.8 Å². The number of nitrogens with one attached hydrogen (secondary N) is 1. The SMILES string of the molecule is CC(=O)N1CCN(c2cncc(C(=O)Nc3ccc(F)cc3)c2)CC1. The molecule has 3 rings (SSSR count). The van der Waals surface area contributed by atoms with Gasteiger partial charge in [0.15, 0.2) is 0 Å². The molecule has 1 aromatic heterocycles. The van der Waals surface area contributed by atoms with Crippen LogP contribution in [-0.4, -0.2) is 47.9 Å². The third-order valence-corrected chi connectivity index (χ3v) is 4.18. The number of piperazine rings is 1. The summed E-state index contributed by atoms with van der Waals surface area (Å²) >= 11 is 0. The molecule has 2 amide bonds. The van der Waals surface area contributed by atoms with Gasteiger partial charge in [-0.25, -0.2) is 4.39 Å². The predicted octanol–water partition coefficient (Wildman–Crippen LogP) is 2.14. The summed E-state index contributed by atoms with van der Waals surface area (Å²) in [6.07, 6.45) is 3.20. The van der Waals surface area contributed by atoms with Crippen LogP contribution in [0.2, 0.25) is 0 Å². The zero-order valence-corrected chi connectivity index (χ0v) is 13.9. The molecule has 2 heterocycles. The van der Waals surface area contributed by atoms with Crippen molar-refractivity contribution in [2.75, 3.05) is 36.4 Å². The first-order valence-corrected chi connectivity index (χ1v) is 8.05. The fraction of sp³-hybridized carbons (Fsp3) is 0.278. The van der Waals surface area contributed by atoms with Crippen molar-refractivity contribution in [1.82, 2.24) is 9.88 Å².